The number of fused-ring (bicyclic) bond motifs is 1. The molecular formula is C20H22N2O2. The average Bonchev–Trinajstić information content (AvgIpc) is 2.60. The highest BCUT2D eigenvalue weighted by molar-refractivity contribution is 6.00. The van der Waals surface area contributed by atoms with Crippen molar-refractivity contribution in [3.05, 3.63) is 65.2 Å². The normalized spacial score (nSPS) is 16.1. The molecule has 0 aromatic heterocycles. The van der Waals surface area contributed by atoms with Gasteiger partial charge in [-0.2, -0.15) is 0 Å². The minimum atomic E-state index is -0.0601. The van der Waals surface area contributed by atoms with Crippen molar-refractivity contribution in [1.29, 1.82) is 0 Å². The van der Waals surface area contributed by atoms with Crippen LogP contribution in [-0.4, -0.2) is 18.2 Å². The third kappa shape index (κ3) is 3.65. The van der Waals surface area contributed by atoms with Gasteiger partial charge in [0.05, 0.1) is 12.6 Å². The molecule has 0 radical (unpaired) electrons. The van der Waals surface area contributed by atoms with Crippen molar-refractivity contribution in [1.82, 2.24) is 5.32 Å². The van der Waals surface area contributed by atoms with Crippen molar-refractivity contribution >= 4 is 17.4 Å². The van der Waals surface area contributed by atoms with Crippen molar-refractivity contribution in [2.75, 3.05) is 11.9 Å². The third-order valence-corrected chi connectivity index (χ3v) is 4.45. The smallest absolute Gasteiger partial charge is 0.239 e. The van der Waals surface area contributed by atoms with E-state index < -0.39 is 0 Å². The molecule has 1 aliphatic carbocycles. The highest BCUT2D eigenvalue weighted by Gasteiger charge is 2.21. The number of carbonyl (C=O) groups excluding carboxylic acids is 2. The Bertz CT molecular complexity index is 755. The van der Waals surface area contributed by atoms with Crippen LogP contribution in [0.2, 0.25) is 0 Å². The van der Waals surface area contributed by atoms with Gasteiger partial charge in [0.15, 0.2) is 5.78 Å². The molecule has 2 aromatic carbocycles. The van der Waals surface area contributed by atoms with Gasteiger partial charge in [0, 0.05) is 11.3 Å². The number of para-hydroxylation sites is 1. The molecule has 0 saturated carbocycles. The van der Waals surface area contributed by atoms with Crippen molar-refractivity contribution in [2.45, 2.75) is 32.2 Å². The number of hydrogen-bond acceptors (Lipinski definition) is 3. The molecule has 2 aromatic rings. The zero-order valence-corrected chi connectivity index (χ0v) is 13.8. The molecule has 4 nitrogen and oxygen atoms in total. The van der Waals surface area contributed by atoms with Crippen LogP contribution in [0.5, 0.6) is 0 Å². The largest absolute Gasteiger partial charge is 0.376 e. The lowest BCUT2D eigenvalue weighted by molar-refractivity contribution is -0.120. The van der Waals surface area contributed by atoms with Gasteiger partial charge < -0.3 is 10.6 Å². The van der Waals surface area contributed by atoms with Crippen LogP contribution in [0.25, 0.3) is 0 Å². The van der Waals surface area contributed by atoms with Crippen molar-refractivity contribution in [3.63, 3.8) is 0 Å². The molecule has 1 aliphatic rings. The van der Waals surface area contributed by atoms with Gasteiger partial charge >= 0.3 is 0 Å². The van der Waals surface area contributed by atoms with Gasteiger partial charge in [0.25, 0.3) is 0 Å². The zero-order chi connectivity index (χ0) is 16.9. The first-order chi connectivity index (χ1) is 11.6. The fraction of sp³-hybridized carbons (Fsp3) is 0.300. The number of amides is 1. The van der Waals surface area contributed by atoms with Gasteiger partial charge in [-0.05, 0) is 49.4 Å². The van der Waals surface area contributed by atoms with Crippen molar-refractivity contribution in [2.24, 2.45) is 0 Å². The third-order valence-electron chi connectivity index (χ3n) is 4.45. The van der Waals surface area contributed by atoms with Gasteiger partial charge in [0.1, 0.15) is 0 Å². The second-order valence-electron chi connectivity index (χ2n) is 6.17. The molecule has 0 unspecified atom stereocenters. The number of Topliss-reactive ketones (excluding diaryl/α,β-unsaturated/α-hetero) is 1. The molecule has 0 fully saturated rings. The highest BCUT2D eigenvalue weighted by atomic mass is 16.2. The number of ketones is 1. The Kier molecular flexibility index (Phi) is 4.94. The van der Waals surface area contributed by atoms with E-state index in [2.05, 4.69) is 22.8 Å². The maximum Gasteiger partial charge on any atom is 0.239 e. The second kappa shape index (κ2) is 7.30. The molecule has 1 amide bonds. The zero-order valence-electron chi connectivity index (χ0n) is 13.8. The van der Waals surface area contributed by atoms with Crippen molar-refractivity contribution in [3.8, 4) is 0 Å². The Balaban J connectivity index is 1.62. The Morgan fingerprint density at radius 1 is 1.08 bits per heavy atom. The van der Waals surface area contributed by atoms with Gasteiger partial charge in [-0.15, -0.1) is 0 Å². The molecule has 3 rings (SSSR count). The van der Waals surface area contributed by atoms with Gasteiger partial charge in [0.2, 0.25) is 5.91 Å². The maximum absolute atomic E-state index is 12.3. The topological polar surface area (TPSA) is 58.2 Å². The van der Waals surface area contributed by atoms with E-state index in [9.17, 15) is 9.59 Å². The number of rotatable bonds is 5. The first-order valence-electron chi connectivity index (χ1n) is 8.36. The Morgan fingerprint density at radius 2 is 1.83 bits per heavy atom. The Labute approximate surface area is 142 Å². The molecule has 0 heterocycles. The first-order valence-corrected chi connectivity index (χ1v) is 8.36. The van der Waals surface area contributed by atoms with E-state index in [1.165, 1.54) is 18.1 Å². The first kappa shape index (κ1) is 16.2. The molecule has 124 valence electrons. The van der Waals surface area contributed by atoms with Crippen LogP contribution in [0.1, 0.15) is 47.3 Å². The SMILES string of the molecule is CC(=O)c1ccccc1NCC(=O)N[C@H]1CCCc2ccccc21. The number of nitrogens with one attached hydrogen (secondary N) is 2. The molecule has 24 heavy (non-hydrogen) atoms. The van der Waals surface area contributed by atoms with E-state index in [1.807, 2.05) is 30.3 Å². The quantitative estimate of drug-likeness (QED) is 0.828. The van der Waals surface area contributed by atoms with Crippen molar-refractivity contribution < 1.29 is 9.59 Å². The predicted octanol–water partition coefficient (Wildman–Crippen LogP) is 3.49. The number of carbonyl (C=O) groups is 2. The van der Waals surface area contributed by atoms with Crippen LogP contribution in [0.15, 0.2) is 48.5 Å². The maximum atomic E-state index is 12.3. The van der Waals surface area contributed by atoms with Crippen LogP contribution >= 0.6 is 0 Å². The molecule has 1 atom stereocenters. The number of aryl methyl sites for hydroxylation is 1. The molecule has 2 N–H and O–H groups in total. The van der Waals surface area contributed by atoms with Crippen LogP contribution < -0.4 is 10.6 Å². The fourth-order valence-corrected chi connectivity index (χ4v) is 3.27. The van der Waals surface area contributed by atoms with Gasteiger partial charge in [-0.1, -0.05) is 36.4 Å². The van der Waals surface area contributed by atoms with Crippen LogP contribution in [0, 0.1) is 0 Å². The molecule has 4 heteroatoms. The van der Waals surface area contributed by atoms with Gasteiger partial charge in [-0.3, -0.25) is 9.59 Å². The number of hydrogen-bond donors (Lipinski definition) is 2. The molecule has 0 aliphatic heterocycles. The van der Waals surface area contributed by atoms with Crippen LogP contribution in [0.3, 0.4) is 0 Å². The summed E-state index contributed by atoms with van der Waals surface area (Å²) in [4.78, 5) is 23.9. The monoisotopic (exact) mass is 322 g/mol. The molecule has 0 spiro atoms. The van der Waals surface area contributed by atoms with E-state index in [4.69, 9.17) is 0 Å². The summed E-state index contributed by atoms with van der Waals surface area (Å²) >= 11 is 0. The second-order valence-corrected chi connectivity index (χ2v) is 6.17. The number of anilines is 1. The summed E-state index contributed by atoms with van der Waals surface area (Å²) in [7, 11) is 0. The van der Waals surface area contributed by atoms with E-state index in [0.29, 0.717) is 11.3 Å². The standard InChI is InChI=1S/C20H22N2O2/c1-14(23)16-9-4-5-11-18(16)21-13-20(24)22-19-12-6-8-15-7-2-3-10-17(15)19/h2-5,7,9-11,19,21H,6,8,12-13H2,1H3,(H,22,24)/t19-/m0/s1. The lowest BCUT2D eigenvalue weighted by Gasteiger charge is -2.26. The summed E-state index contributed by atoms with van der Waals surface area (Å²) in [6.07, 6.45) is 3.13. The predicted molar refractivity (Wildman–Crippen MR) is 95.2 cm³/mol. The van der Waals surface area contributed by atoms with Gasteiger partial charge in [-0.25, -0.2) is 0 Å². The highest BCUT2D eigenvalue weighted by Crippen LogP contribution is 2.29. The summed E-state index contributed by atoms with van der Waals surface area (Å²) in [5.41, 5.74) is 3.85. The lowest BCUT2D eigenvalue weighted by atomic mass is 9.88. The lowest BCUT2D eigenvalue weighted by Crippen LogP contribution is -2.35. The van der Waals surface area contributed by atoms with E-state index in [0.717, 1.165) is 19.3 Å². The number of benzene rings is 2. The molecule has 0 saturated heterocycles. The minimum Gasteiger partial charge on any atom is -0.376 e. The van der Waals surface area contributed by atoms with E-state index in [-0.39, 0.29) is 24.3 Å². The molecule has 0 bridgehead atoms. The van der Waals surface area contributed by atoms with Crippen LogP contribution in [-0.2, 0) is 11.2 Å². The van der Waals surface area contributed by atoms with Crippen LogP contribution in [0.4, 0.5) is 5.69 Å². The Morgan fingerprint density at radius 3 is 2.67 bits per heavy atom. The summed E-state index contributed by atoms with van der Waals surface area (Å²) in [6.45, 7) is 1.68. The summed E-state index contributed by atoms with van der Waals surface area (Å²) in [6, 6.07) is 15.6. The Hall–Kier alpha value is -2.62. The minimum absolute atomic E-state index is 0.0142. The summed E-state index contributed by atoms with van der Waals surface area (Å²) in [5.74, 6) is -0.0743. The average molecular weight is 322 g/mol. The molecular weight excluding hydrogens is 300 g/mol. The fourth-order valence-electron chi connectivity index (χ4n) is 3.27. The summed E-state index contributed by atoms with van der Waals surface area (Å²) < 4.78 is 0. The van der Waals surface area contributed by atoms with E-state index in [1.54, 1.807) is 6.07 Å². The van der Waals surface area contributed by atoms with E-state index >= 15 is 0 Å². The summed E-state index contributed by atoms with van der Waals surface area (Å²) in [5, 5.41) is 6.18.